The highest BCUT2D eigenvalue weighted by atomic mass is 35.5. The van der Waals surface area contributed by atoms with Crippen LogP contribution in [0.3, 0.4) is 0 Å². The molecule has 0 bridgehead atoms. The van der Waals surface area contributed by atoms with Gasteiger partial charge in [0.1, 0.15) is 0 Å². The Kier molecular flexibility index (Phi) is 2.80. The molecule has 2 aromatic rings. The molecular formula is C12H13ClS. The number of aryl methyl sites for hydroxylation is 2. The summed E-state index contributed by atoms with van der Waals surface area (Å²) in [4.78, 5) is 1.41. The van der Waals surface area contributed by atoms with Gasteiger partial charge in [0.2, 0.25) is 0 Å². The molecule has 0 spiro atoms. The van der Waals surface area contributed by atoms with Crippen LogP contribution in [0.15, 0.2) is 18.2 Å². The predicted octanol–water partition coefficient (Wildman–Crippen LogP) is 4.68. The van der Waals surface area contributed by atoms with Crippen molar-refractivity contribution in [2.75, 3.05) is 0 Å². The van der Waals surface area contributed by atoms with Crippen LogP contribution in [0.5, 0.6) is 0 Å². The Morgan fingerprint density at radius 1 is 1.14 bits per heavy atom. The van der Waals surface area contributed by atoms with Gasteiger partial charge in [-0.2, -0.15) is 0 Å². The van der Waals surface area contributed by atoms with Crippen molar-refractivity contribution in [2.45, 2.75) is 26.7 Å². The van der Waals surface area contributed by atoms with Crippen LogP contribution in [0.25, 0.3) is 10.1 Å². The van der Waals surface area contributed by atoms with Crippen LogP contribution in [0, 0.1) is 0 Å². The molecule has 14 heavy (non-hydrogen) atoms. The summed E-state index contributed by atoms with van der Waals surface area (Å²) < 4.78 is 1.24. The van der Waals surface area contributed by atoms with E-state index in [1.807, 2.05) is 11.3 Å². The maximum absolute atomic E-state index is 6.22. The fraction of sp³-hybridized carbons (Fsp3) is 0.333. The standard InChI is InChI=1S/C12H13ClS/c1-3-8-5-9-7-10(4-2)14-12(9)11(13)6-8/h5-7H,3-4H2,1-2H3. The molecule has 0 saturated heterocycles. The molecular weight excluding hydrogens is 212 g/mol. The van der Waals surface area contributed by atoms with Crippen LogP contribution in [0.1, 0.15) is 24.3 Å². The quantitative estimate of drug-likeness (QED) is 0.695. The molecule has 0 fully saturated rings. The summed E-state index contributed by atoms with van der Waals surface area (Å²) in [7, 11) is 0. The van der Waals surface area contributed by atoms with Crippen molar-refractivity contribution < 1.29 is 0 Å². The van der Waals surface area contributed by atoms with Gasteiger partial charge in [0.05, 0.1) is 9.72 Å². The molecule has 0 aliphatic rings. The third-order valence-electron chi connectivity index (χ3n) is 2.44. The zero-order valence-electron chi connectivity index (χ0n) is 8.43. The van der Waals surface area contributed by atoms with Crippen LogP contribution in [-0.2, 0) is 12.8 Å². The fourth-order valence-corrected chi connectivity index (χ4v) is 2.95. The Balaban J connectivity index is 2.67. The van der Waals surface area contributed by atoms with Gasteiger partial charge in [-0.15, -0.1) is 11.3 Å². The van der Waals surface area contributed by atoms with Crippen molar-refractivity contribution >= 4 is 33.0 Å². The summed E-state index contributed by atoms with van der Waals surface area (Å²) >= 11 is 8.03. The molecule has 2 rings (SSSR count). The van der Waals surface area contributed by atoms with E-state index in [1.54, 1.807) is 0 Å². The highest BCUT2D eigenvalue weighted by Gasteiger charge is 2.05. The van der Waals surface area contributed by atoms with E-state index in [0.717, 1.165) is 17.9 Å². The maximum atomic E-state index is 6.22. The smallest absolute Gasteiger partial charge is 0.0587 e. The summed E-state index contributed by atoms with van der Waals surface area (Å²) in [5.41, 5.74) is 1.32. The van der Waals surface area contributed by atoms with Crippen LogP contribution >= 0.6 is 22.9 Å². The number of thiophene rings is 1. The van der Waals surface area contributed by atoms with E-state index in [-0.39, 0.29) is 0 Å². The summed E-state index contributed by atoms with van der Waals surface area (Å²) in [5, 5.41) is 2.21. The Morgan fingerprint density at radius 2 is 1.93 bits per heavy atom. The largest absolute Gasteiger partial charge is 0.139 e. The van der Waals surface area contributed by atoms with Crippen molar-refractivity contribution in [3.63, 3.8) is 0 Å². The first-order valence-electron chi connectivity index (χ1n) is 4.95. The third-order valence-corrected chi connectivity index (χ3v) is 4.18. The number of benzene rings is 1. The van der Waals surface area contributed by atoms with Crippen molar-refractivity contribution in [3.05, 3.63) is 33.7 Å². The minimum Gasteiger partial charge on any atom is -0.139 e. The lowest BCUT2D eigenvalue weighted by Crippen LogP contribution is -1.78. The Labute approximate surface area is 93.5 Å². The van der Waals surface area contributed by atoms with E-state index >= 15 is 0 Å². The van der Waals surface area contributed by atoms with E-state index in [0.29, 0.717) is 0 Å². The van der Waals surface area contributed by atoms with Gasteiger partial charge in [-0.1, -0.05) is 31.5 Å². The van der Waals surface area contributed by atoms with Crippen molar-refractivity contribution in [2.24, 2.45) is 0 Å². The molecule has 2 heteroatoms. The highest BCUT2D eigenvalue weighted by Crippen LogP contribution is 2.33. The topological polar surface area (TPSA) is 0 Å². The minimum absolute atomic E-state index is 0.907. The fourth-order valence-electron chi connectivity index (χ4n) is 1.60. The van der Waals surface area contributed by atoms with Crippen molar-refractivity contribution in [1.29, 1.82) is 0 Å². The number of rotatable bonds is 2. The SMILES string of the molecule is CCc1cc(Cl)c2sc(CC)cc2c1. The first-order valence-corrected chi connectivity index (χ1v) is 6.15. The molecule has 0 amide bonds. The first-order chi connectivity index (χ1) is 6.74. The van der Waals surface area contributed by atoms with Gasteiger partial charge in [-0.05, 0) is 35.9 Å². The summed E-state index contributed by atoms with van der Waals surface area (Å²) in [6.07, 6.45) is 2.14. The molecule has 1 aromatic carbocycles. The van der Waals surface area contributed by atoms with Gasteiger partial charge in [-0.25, -0.2) is 0 Å². The van der Waals surface area contributed by atoms with Crippen LogP contribution in [0.4, 0.5) is 0 Å². The second-order valence-corrected chi connectivity index (χ2v) is 4.96. The molecule has 0 atom stereocenters. The second-order valence-electron chi connectivity index (χ2n) is 3.42. The monoisotopic (exact) mass is 224 g/mol. The van der Waals surface area contributed by atoms with Gasteiger partial charge in [0, 0.05) is 4.88 Å². The first kappa shape index (κ1) is 10.0. The van der Waals surface area contributed by atoms with E-state index < -0.39 is 0 Å². The highest BCUT2D eigenvalue weighted by molar-refractivity contribution is 7.19. The predicted molar refractivity (Wildman–Crippen MR) is 65.6 cm³/mol. The molecule has 0 nitrogen and oxygen atoms in total. The molecule has 0 N–H and O–H groups in total. The molecule has 0 saturated carbocycles. The molecule has 74 valence electrons. The summed E-state index contributed by atoms with van der Waals surface area (Å²) in [6, 6.07) is 6.59. The number of halogens is 1. The average Bonchev–Trinajstić information content (AvgIpc) is 2.61. The average molecular weight is 225 g/mol. The van der Waals surface area contributed by atoms with Gasteiger partial charge >= 0.3 is 0 Å². The van der Waals surface area contributed by atoms with Crippen LogP contribution in [-0.4, -0.2) is 0 Å². The Morgan fingerprint density at radius 3 is 2.57 bits per heavy atom. The lowest BCUT2D eigenvalue weighted by molar-refractivity contribution is 1.15. The summed E-state index contributed by atoms with van der Waals surface area (Å²) in [6.45, 7) is 4.34. The minimum atomic E-state index is 0.907. The number of fused-ring (bicyclic) bond motifs is 1. The normalized spacial score (nSPS) is 11.1. The lowest BCUT2D eigenvalue weighted by Gasteiger charge is -1.98. The lowest BCUT2D eigenvalue weighted by atomic mass is 10.1. The van der Waals surface area contributed by atoms with E-state index in [4.69, 9.17) is 11.6 Å². The van der Waals surface area contributed by atoms with E-state index in [2.05, 4.69) is 32.0 Å². The van der Waals surface area contributed by atoms with Crippen molar-refractivity contribution in [3.8, 4) is 0 Å². The zero-order valence-corrected chi connectivity index (χ0v) is 10.0. The van der Waals surface area contributed by atoms with Gasteiger partial charge < -0.3 is 0 Å². The molecule has 1 aromatic heterocycles. The molecule has 0 unspecified atom stereocenters. The van der Waals surface area contributed by atoms with Crippen molar-refractivity contribution in [1.82, 2.24) is 0 Å². The number of hydrogen-bond acceptors (Lipinski definition) is 1. The van der Waals surface area contributed by atoms with Crippen LogP contribution < -0.4 is 0 Å². The molecule has 1 heterocycles. The Hall–Kier alpha value is -0.530. The summed E-state index contributed by atoms with van der Waals surface area (Å²) in [5.74, 6) is 0. The van der Waals surface area contributed by atoms with Gasteiger partial charge in [0.25, 0.3) is 0 Å². The van der Waals surface area contributed by atoms with Gasteiger partial charge in [-0.3, -0.25) is 0 Å². The molecule has 0 radical (unpaired) electrons. The second kappa shape index (κ2) is 3.92. The molecule has 0 aliphatic carbocycles. The van der Waals surface area contributed by atoms with E-state index in [1.165, 1.54) is 20.5 Å². The number of hydrogen-bond donors (Lipinski definition) is 0. The van der Waals surface area contributed by atoms with Gasteiger partial charge in [0.15, 0.2) is 0 Å². The third kappa shape index (κ3) is 1.67. The zero-order chi connectivity index (χ0) is 10.1. The van der Waals surface area contributed by atoms with Crippen LogP contribution in [0.2, 0.25) is 5.02 Å². The maximum Gasteiger partial charge on any atom is 0.0587 e. The Bertz CT molecular complexity index is 457. The molecule has 0 aliphatic heterocycles. The van der Waals surface area contributed by atoms with E-state index in [9.17, 15) is 0 Å².